The molecule has 0 spiro atoms. The molecule has 4 bridgehead atoms. The van der Waals surface area contributed by atoms with E-state index in [1.54, 1.807) is 0 Å². The summed E-state index contributed by atoms with van der Waals surface area (Å²) < 4.78 is 48.1. The van der Waals surface area contributed by atoms with Crippen molar-refractivity contribution in [1.29, 1.82) is 0 Å². The number of ether oxygens (including phenoxy) is 1. The van der Waals surface area contributed by atoms with Gasteiger partial charge < -0.3 is 4.74 Å². The van der Waals surface area contributed by atoms with Gasteiger partial charge in [0.15, 0.2) is 0 Å². The molecular weight excluding hydrogens is 407 g/mol. The molecule has 0 aromatic heterocycles. The standard InChI is InChI=1S/C22H29FN2O4S/c1-24-30(27,28)25-21(26)18-7-17(16-2-3-16)20(8-19(18)23)29-12-22-9-13-4-14(10-22)6-15(5-13)11-22/h7-8,13-16,24H,2-6,9-12H2,1H3,(H,25,26). The van der Waals surface area contributed by atoms with Crippen LogP contribution in [0.2, 0.25) is 0 Å². The van der Waals surface area contributed by atoms with Crippen molar-refractivity contribution in [2.24, 2.45) is 23.2 Å². The molecule has 6 nitrogen and oxygen atoms in total. The first-order valence-electron chi connectivity index (χ1n) is 11.0. The number of hydrogen-bond donors (Lipinski definition) is 2. The highest BCUT2D eigenvalue weighted by atomic mass is 32.2. The first kappa shape index (κ1) is 20.2. The van der Waals surface area contributed by atoms with Crippen molar-refractivity contribution in [1.82, 2.24) is 9.44 Å². The van der Waals surface area contributed by atoms with Crippen LogP contribution in [0.1, 0.15) is 73.2 Å². The van der Waals surface area contributed by atoms with E-state index in [1.807, 2.05) is 9.44 Å². The summed E-state index contributed by atoms with van der Waals surface area (Å²) in [5.41, 5.74) is 0.759. The van der Waals surface area contributed by atoms with E-state index in [9.17, 15) is 17.6 Å². The van der Waals surface area contributed by atoms with Crippen LogP contribution in [0.5, 0.6) is 5.75 Å². The summed E-state index contributed by atoms with van der Waals surface area (Å²) in [6.45, 7) is 0.606. The van der Waals surface area contributed by atoms with Crippen molar-refractivity contribution >= 4 is 16.1 Å². The van der Waals surface area contributed by atoms with Crippen LogP contribution in [0, 0.1) is 29.0 Å². The van der Waals surface area contributed by atoms with E-state index in [4.69, 9.17) is 4.74 Å². The maximum absolute atomic E-state index is 14.8. The number of halogens is 1. The molecule has 5 fully saturated rings. The summed E-state index contributed by atoms with van der Waals surface area (Å²) in [4.78, 5) is 12.3. The molecule has 30 heavy (non-hydrogen) atoms. The normalized spacial score (nSPS) is 32.3. The highest BCUT2D eigenvalue weighted by Crippen LogP contribution is 2.60. The quantitative estimate of drug-likeness (QED) is 0.685. The fraction of sp³-hybridized carbons (Fsp3) is 0.682. The van der Waals surface area contributed by atoms with Crippen molar-refractivity contribution in [3.63, 3.8) is 0 Å². The van der Waals surface area contributed by atoms with E-state index >= 15 is 0 Å². The highest BCUT2D eigenvalue weighted by molar-refractivity contribution is 7.88. The number of nitrogens with one attached hydrogen (secondary N) is 2. The average Bonchev–Trinajstić information content (AvgIpc) is 3.50. The van der Waals surface area contributed by atoms with Gasteiger partial charge in [0.25, 0.3) is 5.91 Å². The Balaban J connectivity index is 1.37. The second-order valence-corrected chi connectivity index (χ2v) is 11.6. The fourth-order valence-electron chi connectivity index (χ4n) is 6.51. The van der Waals surface area contributed by atoms with Gasteiger partial charge in [-0.15, -0.1) is 0 Å². The van der Waals surface area contributed by atoms with Crippen LogP contribution >= 0.6 is 0 Å². The number of amides is 1. The second-order valence-electron chi connectivity index (χ2n) is 9.99. The predicted octanol–water partition coefficient (Wildman–Crippen LogP) is 3.49. The Morgan fingerprint density at radius 2 is 1.73 bits per heavy atom. The van der Waals surface area contributed by atoms with Crippen molar-refractivity contribution in [2.75, 3.05) is 13.7 Å². The first-order valence-corrected chi connectivity index (χ1v) is 12.5. The summed E-state index contributed by atoms with van der Waals surface area (Å²) in [7, 11) is -2.81. The monoisotopic (exact) mass is 436 g/mol. The summed E-state index contributed by atoms with van der Waals surface area (Å²) in [6, 6.07) is 2.75. The van der Waals surface area contributed by atoms with Crippen molar-refractivity contribution in [3.8, 4) is 5.75 Å². The SMILES string of the molecule is CNS(=O)(=O)NC(=O)c1cc(C2CC2)c(OCC23CC4CC(CC(C4)C2)C3)cc1F. The van der Waals surface area contributed by atoms with Gasteiger partial charge in [-0.05, 0) is 86.7 Å². The van der Waals surface area contributed by atoms with Crippen LogP contribution in [0.4, 0.5) is 4.39 Å². The smallest absolute Gasteiger partial charge is 0.301 e. The van der Waals surface area contributed by atoms with E-state index in [2.05, 4.69) is 0 Å². The Bertz CT molecular complexity index is 938. The molecule has 0 heterocycles. The van der Waals surface area contributed by atoms with Crippen LogP contribution in [0.15, 0.2) is 12.1 Å². The molecule has 5 aliphatic carbocycles. The number of hydrogen-bond acceptors (Lipinski definition) is 4. The maximum Gasteiger partial charge on any atom is 0.301 e. The molecule has 1 amide bonds. The largest absolute Gasteiger partial charge is 0.493 e. The molecule has 1 aromatic rings. The minimum atomic E-state index is -3.99. The summed E-state index contributed by atoms with van der Waals surface area (Å²) in [5.74, 6) is 1.47. The third-order valence-electron chi connectivity index (χ3n) is 7.56. The lowest BCUT2D eigenvalue weighted by Crippen LogP contribution is -2.48. The van der Waals surface area contributed by atoms with Crippen molar-refractivity contribution in [3.05, 3.63) is 29.1 Å². The number of benzene rings is 1. The Morgan fingerprint density at radius 1 is 1.13 bits per heavy atom. The molecule has 6 rings (SSSR count). The zero-order chi connectivity index (χ0) is 21.1. The summed E-state index contributed by atoms with van der Waals surface area (Å²) in [6.07, 6.45) is 9.65. The molecule has 0 aliphatic heterocycles. The molecule has 1 aromatic carbocycles. The molecule has 8 heteroatoms. The van der Waals surface area contributed by atoms with Gasteiger partial charge in [0.2, 0.25) is 0 Å². The van der Waals surface area contributed by atoms with Gasteiger partial charge in [0.05, 0.1) is 12.2 Å². The Kier molecular flexibility index (Phi) is 4.85. The highest BCUT2D eigenvalue weighted by Gasteiger charge is 2.51. The van der Waals surface area contributed by atoms with Gasteiger partial charge in [0.1, 0.15) is 11.6 Å². The summed E-state index contributed by atoms with van der Waals surface area (Å²) >= 11 is 0. The third-order valence-corrected chi connectivity index (χ3v) is 8.55. The molecule has 0 saturated heterocycles. The third kappa shape index (κ3) is 3.84. The number of carbonyl (C=O) groups excluding carboxylic acids is 1. The summed E-state index contributed by atoms with van der Waals surface area (Å²) in [5, 5.41) is 0. The molecule has 5 saturated carbocycles. The molecule has 2 N–H and O–H groups in total. The number of carbonyl (C=O) groups is 1. The predicted molar refractivity (Wildman–Crippen MR) is 110 cm³/mol. The zero-order valence-electron chi connectivity index (χ0n) is 17.2. The Hall–Kier alpha value is -1.67. The Morgan fingerprint density at radius 3 is 2.27 bits per heavy atom. The van der Waals surface area contributed by atoms with Crippen LogP contribution < -0.4 is 14.2 Å². The van der Waals surface area contributed by atoms with Crippen LogP contribution in [0.25, 0.3) is 0 Å². The van der Waals surface area contributed by atoms with E-state index < -0.39 is 21.9 Å². The van der Waals surface area contributed by atoms with Gasteiger partial charge in [-0.1, -0.05) is 0 Å². The number of rotatable bonds is 7. The molecule has 164 valence electrons. The van der Waals surface area contributed by atoms with Gasteiger partial charge in [0, 0.05) is 18.5 Å². The molecule has 0 atom stereocenters. The molecule has 5 aliphatic rings. The minimum Gasteiger partial charge on any atom is -0.493 e. The van der Waals surface area contributed by atoms with E-state index in [1.165, 1.54) is 57.7 Å². The molecule has 0 radical (unpaired) electrons. The second kappa shape index (κ2) is 7.19. The van der Waals surface area contributed by atoms with Gasteiger partial charge in [-0.25, -0.2) is 13.8 Å². The van der Waals surface area contributed by atoms with Crippen LogP contribution in [-0.2, 0) is 10.2 Å². The fourth-order valence-corrected chi connectivity index (χ4v) is 6.97. The lowest BCUT2D eigenvalue weighted by molar-refractivity contribution is -0.0747. The Labute approximate surface area is 177 Å². The molecule has 0 unspecified atom stereocenters. The zero-order valence-corrected chi connectivity index (χ0v) is 18.1. The van der Waals surface area contributed by atoms with Gasteiger partial charge in [-0.3, -0.25) is 4.79 Å². The van der Waals surface area contributed by atoms with Crippen LogP contribution in [-0.4, -0.2) is 28.0 Å². The first-order chi connectivity index (χ1) is 14.3. The van der Waals surface area contributed by atoms with Crippen LogP contribution in [0.3, 0.4) is 0 Å². The van der Waals surface area contributed by atoms with E-state index in [-0.39, 0.29) is 16.9 Å². The lowest BCUT2D eigenvalue weighted by atomic mass is 9.50. The van der Waals surface area contributed by atoms with Gasteiger partial charge >= 0.3 is 10.2 Å². The average molecular weight is 437 g/mol. The van der Waals surface area contributed by atoms with Crippen molar-refractivity contribution in [2.45, 2.75) is 57.3 Å². The van der Waals surface area contributed by atoms with Crippen molar-refractivity contribution < 1.29 is 22.3 Å². The van der Waals surface area contributed by atoms with Gasteiger partial charge in [-0.2, -0.15) is 8.42 Å². The van der Waals surface area contributed by atoms with E-state index in [0.29, 0.717) is 12.4 Å². The topological polar surface area (TPSA) is 84.5 Å². The van der Waals surface area contributed by atoms with E-state index in [0.717, 1.165) is 36.2 Å². The molecular formula is C22H29FN2O4S. The lowest BCUT2D eigenvalue weighted by Gasteiger charge is -2.56. The minimum absolute atomic E-state index is 0.211. The maximum atomic E-state index is 14.8.